The van der Waals surface area contributed by atoms with Gasteiger partial charge in [0.05, 0.1) is 17.3 Å². The molecule has 0 aliphatic carbocycles. The number of fused-ring (bicyclic) bond motifs is 1. The molecule has 186 valence electrons. The van der Waals surface area contributed by atoms with Gasteiger partial charge in [-0.2, -0.15) is 5.10 Å². The lowest BCUT2D eigenvalue weighted by Crippen LogP contribution is -2.53. The summed E-state index contributed by atoms with van der Waals surface area (Å²) in [5, 5.41) is 12.1. The molecule has 2 heterocycles. The molecule has 10 nitrogen and oxygen atoms in total. The lowest BCUT2D eigenvalue weighted by atomic mass is 9.99. The van der Waals surface area contributed by atoms with Gasteiger partial charge in [-0.05, 0) is 42.0 Å². The topological polar surface area (TPSA) is 149 Å². The Bertz CT molecular complexity index is 1220. The second-order valence-corrected chi connectivity index (χ2v) is 11.6. The standard InChI is InChI=1S/C23H28N5O5PS/c29-21(13-35-15-34(31,32)33)28-10-4-3-7-20(28)23(30)26-19(22-24-14-25-27-22)12-16-8-9-17-5-1-2-6-18(17)11-16/h1-2,5-6,8-9,11,14,19-20H,3-4,7,10,12-13,15H2,(H,26,30)(H,24,25,27)(H2,31,32,33)/t19?,20-/m0/s1. The van der Waals surface area contributed by atoms with E-state index in [2.05, 4.69) is 26.6 Å². The van der Waals surface area contributed by atoms with E-state index >= 15 is 0 Å². The fraction of sp³-hybridized carbons (Fsp3) is 0.391. The molecule has 2 aromatic carbocycles. The number of hydrogen-bond acceptors (Lipinski definition) is 6. The SMILES string of the molecule is O=C(NC(Cc1ccc2ccccc2c1)c1ncn[nH]1)[C@@H]1CCCCN1C(=O)CSCP(=O)(O)O. The van der Waals surface area contributed by atoms with Gasteiger partial charge in [0.2, 0.25) is 11.8 Å². The van der Waals surface area contributed by atoms with Gasteiger partial charge in [0.15, 0.2) is 0 Å². The van der Waals surface area contributed by atoms with Crippen molar-refractivity contribution in [2.24, 2.45) is 0 Å². The lowest BCUT2D eigenvalue weighted by Gasteiger charge is -2.35. The largest absolute Gasteiger partial charge is 0.344 e. The molecular formula is C23H28N5O5PS. The van der Waals surface area contributed by atoms with Crippen LogP contribution >= 0.6 is 19.4 Å². The van der Waals surface area contributed by atoms with Gasteiger partial charge in [0, 0.05) is 6.54 Å². The Labute approximate surface area is 207 Å². The van der Waals surface area contributed by atoms with Gasteiger partial charge in [-0.3, -0.25) is 19.3 Å². The molecule has 1 unspecified atom stereocenters. The van der Waals surface area contributed by atoms with Crippen molar-refractivity contribution in [2.75, 3.05) is 17.8 Å². The Balaban J connectivity index is 1.47. The number of aromatic nitrogens is 3. The fourth-order valence-corrected chi connectivity index (χ4v) is 5.96. The number of likely N-dealkylation sites (tertiary alicyclic amines) is 1. The first kappa shape index (κ1) is 25.4. The average molecular weight is 518 g/mol. The van der Waals surface area contributed by atoms with Crippen molar-refractivity contribution >= 4 is 41.9 Å². The molecule has 4 rings (SSSR count). The molecule has 0 radical (unpaired) electrons. The maximum atomic E-state index is 13.4. The number of thioether (sulfide) groups is 1. The van der Waals surface area contributed by atoms with E-state index in [4.69, 9.17) is 9.79 Å². The van der Waals surface area contributed by atoms with Crippen molar-refractivity contribution in [2.45, 2.75) is 37.8 Å². The summed E-state index contributed by atoms with van der Waals surface area (Å²) in [7, 11) is -4.20. The van der Waals surface area contributed by atoms with Crippen LogP contribution < -0.4 is 5.32 Å². The molecule has 12 heteroatoms. The van der Waals surface area contributed by atoms with E-state index in [1.165, 1.54) is 11.2 Å². The highest BCUT2D eigenvalue weighted by Gasteiger charge is 2.33. The average Bonchev–Trinajstić information content (AvgIpc) is 3.38. The number of carbonyl (C=O) groups excluding carboxylic acids is 2. The van der Waals surface area contributed by atoms with E-state index in [9.17, 15) is 14.2 Å². The van der Waals surface area contributed by atoms with Gasteiger partial charge in [-0.15, -0.1) is 11.8 Å². The highest BCUT2D eigenvalue weighted by Crippen LogP contribution is 2.38. The van der Waals surface area contributed by atoms with E-state index in [0.29, 0.717) is 25.2 Å². The smallest absolute Gasteiger partial charge is 0.335 e. The molecule has 1 aromatic heterocycles. The minimum absolute atomic E-state index is 0.0858. The van der Waals surface area contributed by atoms with Crippen LogP contribution in [0.1, 0.15) is 36.7 Å². The van der Waals surface area contributed by atoms with Crippen LogP contribution in [0.2, 0.25) is 0 Å². The molecule has 2 amide bonds. The van der Waals surface area contributed by atoms with Crippen LogP contribution in [0.25, 0.3) is 10.8 Å². The van der Waals surface area contributed by atoms with E-state index in [0.717, 1.165) is 40.9 Å². The summed E-state index contributed by atoms with van der Waals surface area (Å²) in [5.41, 5.74) is 0.596. The zero-order chi connectivity index (χ0) is 24.8. The number of hydrogen-bond donors (Lipinski definition) is 4. The number of nitrogens with one attached hydrogen (secondary N) is 2. The third-order valence-electron chi connectivity index (χ3n) is 5.94. The molecule has 2 atom stereocenters. The van der Waals surface area contributed by atoms with Crippen LogP contribution in [-0.2, 0) is 20.6 Å². The van der Waals surface area contributed by atoms with Gasteiger partial charge in [0.25, 0.3) is 0 Å². The zero-order valence-corrected chi connectivity index (χ0v) is 20.8. The third-order valence-corrected chi connectivity index (χ3v) is 8.47. The second kappa shape index (κ2) is 11.3. The number of nitrogens with zero attached hydrogens (tertiary/aromatic N) is 3. The summed E-state index contributed by atoms with van der Waals surface area (Å²) in [6.45, 7) is 0.436. The predicted molar refractivity (Wildman–Crippen MR) is 134 cm³/mol. The van der Waals surface area contributed by atoms with Gasteiger partial charge in [-0.25, -0.2) is 4.98 Å². The summed E-state index contributed by atoms with van der Waals surface area (Å²) in [5.74, 6) is -0.135. The molecule has 1 fully saturated rings. The number of aromatic amines is 1. The van der Waals surface area contributed by atoms with Crippen LogP contribution in [-0.4, -0.2) is 65.5 Å². The molecule has 0 saturated carbocycles. The van der Waals surface area contributed by atoms with E-state index in [1.807, 2.05) is 36.4 Å². The third kappa shape index (κ3) is 6.91. The summed E-state index contributed by atoms with van der Waals surface area (Å²) >= 11 is 0.881. The van der Waals surface area contributed by atoms with Crippen LogP contribution in [0.5, 0.6) is 0 Å². The van der Waals surface area contributed by atoms with E-state index < -0.39 is 25.2 Å². The van der Waals surface area contributed by atoms with Crippen LogP contribution in [0.4, 0.5) is 0 Å². The first-order valence-electron chi connectivity index (χ1n) is 11.4. The van der Waals surface area contributed by atoms with E-state index in [1.54, 1.807) is 0 Å². The van der Waals surface area contributed by atoms with Gasteiger partial charge in [0.1, 0.15) is 18.2 Å². The molecule has 35 heavy (non-hydrogen) atoms. The van der Waals surface area contributed by atoms with Crippen LogP contribution in [0.3, 0.4) is 0 Å². The molecule has 4 N–H and O–H groups in total. The van der Waals surface area contributed by atoms with Crippen molar-refractivity contribution in [1.29, 1.82) is 0 Å². The normalized spacial score (nSPS) is 17.3. The first-order chi connectivity index (χ1) is 16.8. The highest BCUT2D eigenvalue weighted by molar-refractivity contribution is 8.04. The van der Waals surface area contributed by atoms with Crippen molar-refractivity contribution in [3.63, 3.8) is 0 Å². The summed E-state index contributed by atoms with van der Waals surface area (Å²) < 4.78 is 11.1. The Hall–Kier alpha value is -2.72. The summed E-state index contributed by atoms with van der Waals surface area (Å²) in [4.78, 5) is 50.0. The molecule has 3 aromatic rings. The number of benzene rings is 2. The Morgan fingerprint density at radius 2 is 2.00 bits per heavy atom. The Morgan fingerprint density at radius 1 is 1.20 bits per heavy atom. The highest BCUT2D eigenvalue weighted by atomic mass is 32.2. The van der Waals surface area contributed by atoms with Gasteiger partial charge < -0.3 is 20.0 Å². The number of H-pyrrole nitrogens is 1. The summed E-state index contributed by atoms with van der Waals surface area (Å²) in [6, 6.07) is 13.1. The van der Waals surface area contributed by atoms with Crippen molar-refractivity contribution in [3.05, 3.63) is 60.2 Å². The Morgan fingerprint density at radius 3 is 2.74 bits per heavy atom. The van der Waals surface area contributed by atoms with Crippen molar-refractivity contribution in [3.8, 4) is 0 Å². The van der Waals surface area contributed by atoms with Crippen molar-refractivity contribution in [1.82, 2.24) is 25.4 Å². The van der Waals surface area contributed by atoms with E-state index in [-0.39, 0.29) is 17.6 Å². The molecular weight excluding hydrogens is 489 g/mol. The molecule has 1 aliphatic heterocycles. The van der Waals surface area contributed by atoms with Gasteiger partial charge in [-0.1, -0.05) is 42.5 Å². The quantitative estimate of drug-likeness (QED) is 0.317. The Kier molecular flexibility index (Phi) is 8.22. The van der Waals surface area contributed by atoms with Crippen LogP contribution in [0, 0.1) is 0 Å². The number of piperidine rings is 1. The molecule has 1 aliphatic rings. The molecule has 1 saturated heterocycles. The van der Waals surface area contributed by atoms with Crippen LogP contribution in [0.15, 0.2) is 48.8 Å². The lowest BCUT2D eigenvalue weighted by molar-refractivity contribution is -0.140. The van der Waals surface area contributed by atoms with Gasteiger partial charge >= 0.3 is 7.60 Å². The number of amides is 2. The maximum Gasteiger partial charge on any atom is 0.335 e. The zero-order valence-electron chi connectivity index (χ0n) is 19.0. The predicted octanol–water partition coefficient (Wildman–Crippen LogP) is 2.61. The first-order valence-corrected chi connectivity index (χ1v) is 14.3. The molecule has 0 spiro atoms. The van der Waals surface area contributed by atoms with Crippen molar-refractivity contribution < 1.29 is 23.9 Å². The minimum Gasteiger partial charge on any atom is -0.344 e. The summed E-state index contributed by atoms with van der Waals surface area (Å²) in [6.07, 6.45) is 4.00. The fourth-order valence-electron chi connectivity index (χ4n) is 4.31. The molecule has 0 bridgehead atoms. The second-order valence-electron chi connectivity index (χ2n) is 8.56. The minimum atomic E-state index is -4.20. The maximum absolute atomic E-state index is 13.4. The number of rotatable bonds is 9. The monoisotopic (exact) mass is 517 g/mol. The number of carbonyl (C=O) groups is 2.